The minimum Gasteiger partial charge on any atom is -0.484 e. The van der Waals surface area contributed by atoms with Crippen molar-refractivity contribution in [3.8, 4) is 5.75 Å². The van der Waals surface area contributed by atoms with Crippen LogP contribution in [0, 0.1) is 0 Å². The van der Waals surface area contributed by atoms with Crippen LogP contribution in [-0.4, -0.2) is 18.4 Å². The van der Waals surface area contributed by atoms with Crippen LogP contribution in [0.15, 0.2) is 28.7 Å². The minimum atomic E-state index is -0.492. The molecule has 1 heterocycles. The Labute approximate surface area is 146 Å². The molecule has 1 aliphatic carbocycles. The van der Waals surface area contributed by atoms with Gasteiger partial charge in [0.05, 0.1) is 5.56 Å². The Morgan fingerprint density at radius 3 is 2.70 bits per heavy atom. The molecular weight excluding hydrogens is 380 g/mol. The molecule has 5 nitrogen and oxygen atoms in total. The summed E-state index contributed by atoms with van der Waals surface area (Å²) in [5.74, 6) is -0.198. The van der Waals surface area contributed by atoms with Crippen molar-refractivity contribution in [2.75, 3.05) is 11.9 Å². The average Bonchev–Trinajstić information content (AvgIpc) is 3.06. The predicted octanol–water partition coefficient (Wildman–Crippen LogP) is 3.12. The van der Waals surface area contributed by atoms with Crippen LogP contribution in [0.4, 0.5) is 5.00 Å². The lowest BCUT2D eigenvalue weighted by molar-refractivity contribution is -0.118. The summed E-state index contributed by atoms with van der Waals surface area (Å²) in [6.45, 7) is -0.123. The number of aryl methyl sites for hydroxylation is 1. The van der Waals surface area contributed by atoms with Crippen molar-refractivity contribution in [1.82, 2.24) is 0 Å². The minimum absolute atomic E-state index is 0.123. The summed E-state index contributed by atoms with van der Waals surface area (Å²) in [7, 11) is 0. The fourth-order valence-electron chi connectivity index (χ4n) is 2.60. The first-order chi connectivity index (χ1) is 11.0. The number of thiophene rings is 1. The summed E-state index contributed by atoms with van der Waals surface area (Å²) in [6.07, 6.45) is 2.81. The van der Waals surface area contributed by atoms with Gasteiger partial charge < -0.3 is 15.8 Å². The van der Waals surface area contributed by atoms with Crippen molar-refractivity contribution < 1.29 is 14.3 Å². The molecule has 1 aromatic heterocycles. The Balaban J connectivity index is 1.66. The number of primary amides is 1. The highest BCUT2D eigenvalue weighted by Crippen LogP contribution is 2.38. The third-order valence-corrected chi connectivity index (χ3v) is 5.34. The van der Waals surface area contributed by atoms with Gasteiger partial charge in [0, 0.05) is 9.35 Å². The van der Waals surface area contributed by atoms with E-state index in [0.717, 1.165) is 34.2 Å². The van der Waals surface area contributed by atoms with E-state index in [-0.39, 0.29) is 12.5 Å². The summed E-state index contributed by atoms with van der Waals surface area (Å²) >= 11 is 4.77. The molecule has 1 aromatic carbocycles. The number of halogens is 1. The van der Waals surface area contributed by atoms with E-state index in [1.54, 1.807) is 12.1 Å². The van der Waals surface area contributed by atoms with Gasteiger partial charge in [-0.15, -0.1) is 11.3 Å². The van der Waals surface area contributed by atoms with Crippen molar-refractivity contribution in [3.05, 3.63) is 44.7 Å². The first kappa shape index (κ1) is 16.0. The molecule has 0 radical (unpaired) electrons. The summed E-state index contributed by atoms with van der Waals surface area (Å²) < 4.78 is 6.37. The van der Waals surface area contributed by atoms with Crippen LogP contribution in [0.5, 0.6) is 5.75 Å². The molecule has 1 aliphatic rings. The number of anilines is 1. The summed E-state index contributed by atoms with van der Waals surface area (Å²) in [6, 6.07) is 7.21. The van der Waals surface area contributed by atoms with Crippen LogP contribution in [0.25, 0.3) is 0 Å². The number of hydrogen-bond donors (Lipinski definition) is 2. The van der Waals surface area contributed by atoms with Crippen LogP contribution in [0.2, 0.25) is 0 Å². The molecule has 7 heteroatoms. The lowest BCUT2D eigenvalue weighted by atomic mass is 10.1. The fourth-order valence-corrected chi connectivity index (χ4v) is 4.17. The molecule has 23 heavy (non-hydrogen) atoms. The monoisotopic (exact) mass is 394 g/mol. The highest BCUT2D eigenvalue weighted by atomic mass is 79.9. The van der Waals surface area contributed by atoms with Crippen LogP contribution in [0.1, 0.15) is 27.2 Å². The molecule has 0 saturated heterocycles. The second kappa shape index (κ2) is 6.72. The van der Waals surface area contributed by atoms with Crippen molar-refractivity contribution >= 4 is 44.1 Å². The lowest BCUT2D eigenvalue weighted by Gasteiger charge is -2.08. The maximum atomic E-state index is 12.1. The number of nitrogens with two attached hydrogens (primary N) is 1. The number of amides is 2. The topological polar surface area (TPSA) is 81.4 Å². The maximum absolute atomic E-state index is 12.1. The van der Waals surface area contributed by atoms with Crippen molar-refractivity contribution in [2.45, 2.75) is 19.3 Å². The number of hydrogen-bond acceptors (Lipinski definition) is 4. The van der Waals surface area contributed by atoms with Gasteiger partial charge in [0.2, 0.25) is 0 Å². The Morgan fingerprint density at radius 2 is 2.00 bits per heavy atom. The van der Waals surface area contributed by atoms with Gasteiger partial charge in [-0.3, -0.25) is 9.59 Å². The molecule has 0 fully saturated rings. The van der Waals surface area contributed by atoms with Crippen LogP contribution < -0.4 is 15.8 Å². The number of carbonyl (C=O) groups is 2. The Bertz CT molecular complexity index is 755. The van der Waals surface area contributed by atoms with E-state index in [1.807, 2.05) is 12.1 Å². The molecule has 0 aliphatic heterocycles. The van der Waals surface area contributed by atoms with E-state index in [0.29, 0.717) is 16.3 Å². The standard InChI is InChI=1S/C16H15BrN2O3S/c17-9-4-6-10(7-5-9)22-8-13(20)19-16-14(15(18)21)11-2-1-3-12(11)23-16/h4-7H,1-3,8H2,(H2,18,21)(H,19,20). The Hall–Kier alpha value is -1.86. The van der Waals surface area contributed by atoms with Gasteiger partial charge in [0.25, 0.3) is 11.8 Å². The molecule has 0 bridgehead atoms. The SMILES string of the molecule is NC(=O)c1c(NC(=O)COc2ccc(Br)cc2)sc2c1CCC2. The number of benzene rings is 1. The fraction of sp³-hybridized carbons (Fsp3) is 0.250. The number of rotatable bonds is 5. The number of ether oxygens (including phenoxy) is 1. The van der Waals surface area contributed by atoms with Gasteiger partial charge in [0.1, 0.15) is 10.8 Å². The van der Waals surface area contributed by atoms with Gasteiger partial charge in [-0.25, -0.2) is 0 Å². The van der Waals surface area contributed by atoms with Gasteiger partial charge >= 0.3 is 0 Å². The zero-order valence-electron chi connectivity index (χ0n) is 12.2. The largest absolute Gasteiger partial charge is 0.484 e. The molecule has 0 atom stereocenters. The number of fused-ring (bicyclic) bond motifs is 1. The maximum Gasteiger partial charge on any atom is 0.262 e. The molecule has 2 amide bonds. The van der Waals surface area contributed by atoms with E-state index in [2.05, 4.69) is 21.2 Å². The molecular formula is C16H15BrN2O3S. The quantitative estimate of drug-likeness (QED) is 0.816. The zero-order valence-corrected chi connectivity index (χ0v) is 14.6. The molecule has 2 aromatic rings. The molecule has 0 unspecified atom stereocenters. The first-order valence-corrected chi connectivity index (χ1v) is 8.78. The van der Waals surface area contributed by atoms with Crippen LogP contribution >= 0.6 is 27.3 Å². The molecule has 3 rings (SSSR count). The van der Waals surface area contributed by atoms with E-state index in [4.69, 9.17) is 10.5 Å². The highest BCUT2D eigenvalue weighted by Gasteiger charge is 2.26. The third-order valence-electron chi connectivity index (χ3n) is 3.60. The van der Waals surface area contributed by atoms with Crippen LogP contribution in [-0.2, 0) is 17.6 Å². The summed E-state index contributed by atoms with van der Waals surface area (Å²) in [5.41, 5.74) is 6.92. The Kier molecular flexibility index (Phi) is 4.68. The van der Waals surface area contributed by atoms with Gasteiger partial charge in [-0.1, -0.05) is 15.9 Å². The van der Waals surface area contributed by atoms with Crippen molar-refractivity contribution in [2.24, 2.45) is 5.73 Å². The third kappa shape index (κ3) is 3.56. The Morgan fingerprint density at radius 1 is 1.26 bits per heavy atom. The normalized spacial score (nSPS) is 12.7. The van der Waals surface area contributed by atoms with E-state index in [1.165, 1.54) is 11.3 Å². The van der Waals surface area contributed by atoms with Crippen molar-refractivity contribution in [3.63, 3.8) is 0 Å². The first-order valence-electron chi connectivity index (χ1n) is 7.17. The predicted molar refractivity (Wildman–Crippen MR) is 93.1 cm³/mol. The second-order valence-corrected chi connectivity index (χ2v) is 7.24. The van der Waals surface area contributed by atoms with E-state index in [9.17, 15) is 9.59 Å². The molecule has 0 spiro atoms. The van der Waals surface area contributed by atoms with Gasteiger partial charge in [0.15, 0.2) is 6.61 Å². The number of nitrogens with one attached hydrogen (secondary N) is 1. The van der Waals surface area contributed by atoms with Crippen molar-refractivity contribution in [1.29, 1.82) is 0 Å². The molecule has 120 valence electrons. The van der Waals surface area contributed by atoms with Crippen LogP contribution in [0.3, 0.4) is 0 Å². The molecule has 3 N–H and O–H groups in total. The summed E-state index contributed by atoms with van der Waals surface area (Å²) in [5, 5.41) is 3.28. The lowest BCUT2D eigenvalue weighted by Crippen LogP contribution is -2.22. The summed E-state index contributed by atoms with van der Waals surface area (Å²) in [4.78, 5) is 24.9. The van der Waals surface area contributed by atoms with Gasteiger partial charge in [-0.05, 0) is 49.1 Å². The zero-order chi connectivity index (χ0) is 16.4. The van der Waals surface area contributed by atoms with Gasteiger partial charge in [-0.2, -0.15) is 0 Å². The highest BCUT2D eigenvalue weighted by molar-refractivity contribution is 9.10. The molecule has 0 saturated carbocycles. The van der Waals surface area contributed by atoms with E-state index < -0.39 is 5.91 Å². The number of carbonyl (C=O) groups excluding carboxylic acids is 2. The second-order valence-electron chi connectivity index (χ2n) is 5.22. The van der Waals surface area contributed by atoms with E-state index >= 15 is 0 Å². The smallest absolute Gasteiger partial charge is 0.262 e. The average molecular weight is 395 g/mol.